The molecule has 0 radical (unpaired) electrons. The van der Waals surface area contributed by atoms with Crippen LogP contribution in [0.15, 0.2) is 0 Å². The Kier molecular flexibility index (Phi) is 1.78. The molecular formula is C10H14O2. The van der Waals surface area contributed by atoms with Crippen molar-refractivity contribution in [1.82, 2.24) is 0 Å². The van der Waals surface area contributed by atoms with Gasteiger partial charge in [-0.15, -0.1) is 0 Å². The van der Waals surface area contributed by atoms with Gasteiger partial charge in [-0.3, -0.25) is 9.59 Å². The molecule has 12 heavy (non-hydrogen) atoms. The summed E-state index contributed by atoms with van der Waals surface area (Å²) in [7, 11) is 0. The lowest BCUT2D eigenvalue weighted by atomic mass is 9.90. The third kappa shape index (κ3) is 1.01. The van der Waals surface area contributed by atoms with Gasteiger partial charge in [0.25, 0.3) is 0 Å². The smallest absolute Gasteiger partial charge is 0.136 e. The van der Waals surface area contributed by atoms with Gasteiger partial charge in [-0.2, -0.15) is 0 Å². The lowest BCUT2D eigenvalue weighted by molar-refractivity contribution is -0.122. The van der Waals surface area contributed by atoms with Crippen LogP contribution in [0.5, 0.6) is 0 Å². The lowest BCUT2D eigenvalue weighted by Crippen LogP contribution is -2.14. The third-order valence-corrected chi connectivity index (χ3v) is 3.39. The molecule has 0 N–H and O–H groups in total. The van der Waals surface area contributed by atoms with Gasteiger partial charge in [0, 0.05) is 25.2 Å². The van der Waals surface area contributed by atoms with Crippen LogP contribution in [0.2, 0.25) is 0 Å². The van der Waals surface area contributed by atoms with Gasteiger partial charge in [-0.1, -0.05) is 6.92 Å². The maximum atomic E-state index is 11.4. The van der Waals surface area contributed by atoms with Crippen LogP contribution in [-0.2, 0) is 9.59 Å². The van der Waals surface area contributed by atoms with Gasteiger partial charge in [0.05, 0.1) is 0 Å². The molecule has 0 spiro atoms. The second kappa shape index (κ2) is 2.68. The molecule has 2 fully saturated rings. The molecule has 0 amide bonds. The highest BCUT2D eigenvalue weighted by Crippen LogP contribution is 2.45. The van der Waals surface area contributed by atoms with E-state index in [4.69, 9.17) is 0 Å². The molecule has 0 heterocycles. The van der Waals surface area contributed by atoms with Crippen LogP contribution in [0.3, 0.4) is 0 Å². The summed E-state index contributed by atoms with van der Waals surface area (Å²) in [5, 5.41) is 0. The zero-order valence-corrected chi connectivity index (χ0v) is 7.38. The first-order chi connectivity index (χ1) is 5.72. The summed E-state index contributed by atoms with van der Waals surface area (Å²) in [6.07, 6.45) is 2.95. The lowest BCUT2D eigenvalue weighted by Gasteiger charge is -2.12. The minimum Gasteiger partial charge on any atom is -0.300 e. The van der Waals surface area contributed by atoms with Gasteiger partial charge < -0.3 is 0 Å². The van der Waals surface area contributed by atoms with Gasteiger partial charge in [0.2, 0.25) is 0 Å². The van der Waals surface area contributed by atoms with E-state index >= 15 is 0 Å². The molecular weight excluding hydrogens is 152 g/mol. The van der Waals surface area contributed by atoms with Crippen molar-refractivity contribution in [2.24, 2.45) is 17.8 Å². The molecule has 2 saturated carbocycles. The van der Waals surface area contributed by atoms with Crippen molar-refractivity contribution < 1.29 is 9.59 Å². The average molecular weight is 166 g/mol. The largest absolute Gasteiger partial charge is 0.300 e. The average Bonchev–Trinajstić information content (AvgIpc) is 2.43. The van der Waals surface area contributed by atoms with E-state index in [-0.39, 0.29) is 5.92 Å². The van der Waals surface area contributed by atoms with Gasteiger partial charge >= 0.3 is 0 Å². The Bertz CT molecular complexity index is 232. The van der Waals surface area contributed by atoms with E-state index in [0.717, 1.165) is 6.42 Å². The number of carbonyl (C=O) groups is 2. The van der Waals surface area contributed by atoms with Crippen molar-refractivity contribution in [1.29, 1.82) is 0 Å². The summed E-state index contributed by atoms with van der Waals surface area (Å²) in [6, 6.07) is 0. The van der Waals surface area contributed by atoms with Crippen LogP contribution in [0, 0.1) is 17.8 Å². The predicted molar refractivity (Wildman–Crippen MR) is 44.6 cm³/mol. The Balaban J connectivity index is 2.16. The molecule has 2 nitrogen and oxygen atoms in total. The molecule has 66 valence electrons. The predicted octanol–water partition coefficient (Wildman–Crippen LogP) is 1.58. The molecule has 3 atom stereocenters. The molecule has 2 aliphatic carbocycles. The van der Waals surface area contributed by atoms with E-state index in [1.54, 1.807) is 0 Å². The monoisotopic (exact) mass is 166 g/mol. The Morgan fingerprint density at radius 2 is 2.00 bits per heavy atom. The van der Waals surface area contributed by atoms with Crippen LogP contribution in [-0.4, -0.2) is 11.6 Å². The Labute approximate surface area is 72.3 Å². The number of fused-ring (bicyclic) bond motifs is 1. The number of ketones is 2. The first kappa shape index (κ1) is 7.96. The van der Waals surface area contributed by atoms with Crippen LogP contribution in [0.25, 0.3) is 0 Å². The Morgan fingerprint density at radius 1 is 1.25 bits per heavy atom. The van der Waals surface area contributed by atoms with E-state index in [0.29, 0.717) is 42.7 Å². The van der Waals surface area contributed by atoms with Crippen LogP contribution in [0.1, 0.15) is 32.6 Å². The molecule has 0 saturated heterocycles. The molecule has 0 bridgehead atoms. The highest BCUT2D eigenvalue weighted by Gasteiger charge is 2.46. The zero-order chi connectivity index (χ0) is 8.72. The normalized spacial score (nSPS) is 40.6. The fourth-order valence-corrected chi connectivity index (χ4v) is 2.83. The van der Waals surface area contributed by atoms with Gasteiger partial charge in [-0.05, 0) is 18.3 Å². The van der Waals surface area contributed by atoms with Crippen molar-refractivity contribution in [3.63, 3.8) is 0 Å². The second-order valence-corrected chi connectivity index (χ2v) is 4.06. The summed E-state index contributed by atoms with van der Waals surface area (Å²) in [4.78, 5) is 22.5. The first-order valence-electron chi connectivity index (χ1n) is 4.76. The number of Topliss-reactive ketones (excluding diaryl/α,β-unsaturated/α-hetero) is 2. The number of hydrogen-bond donors (Lipinski definition) is 0. The second-order valence-electron chi connectivity index (χ2n) is 4.06. The molecule has 0 aromatic heterocycles. The summed E-state index contributed by atoms with van der Waals surface area (Å²) in [5.41, 5.74) is 0. The van der Waals surface area contributed by atoms with Crippen molar-refractivity contribution in [3.8, 4) is 0 Å². The fourth-order valence-electron chi connectivity index (χ4n) is 2.83. The summed E-state index contributed by atoms with van der Waals surface area (Å²) >= 11 is 0. The standard InChI is InChI=1S/C10H14O2/c1-2-8-9-5-7(11)3-6(9)4-10(8)12/h6,8-9H,2-5H2,1H3/t6-,8?,9-/m1/s1. The van der Waals surface area contributed by atoms with Gasteiger partial charge in [-0.25, -0.2) is 0 Å². The molecule has 2 heteroatoms. The van der Waals surface area contributed by atoms with Crippen LogP contribution < -0.4 is 0 Å². The van der Waals surface area contributed by atoms with Crippen molar-refractivity contribution in [2.45, 2.75) is 32.6 Å². The van der Waals surface area contributed by atoms with Gasteiger partial charge in [0.1, 0.15) is 11.6 Å². The number of rotatable bonds is 1. The Morgan fingerprint density at radius 3 is 2.67 bits per heavy atom. The van der Waals surface area contributed by atoms with Crippen molar-refractivity contribution >= 4 is 11.6 Å². The summed E-state index contributed by atoms with van der Waals surface area (Å²) in [5.74, 6) is 1.81. The molecule has 0 aromatic rings. The highest BCUT2D eigenvalue weighted by molar-refractivity contribution is 5.90. The summed E-state index contributed by atoms with van der Waals surface area (Å²) < 4.78 is 0. The molecule has 2 aliphatic rings. The molecule has 1 unspecified atom stereocenters. The molecule has 0 aromatic carbocycles. The highest BCUT2D eigenvalue weighted by atomic mass is 16.1. The topological polar surface area (TPSA) is 34.1 Å². The summed E-state index contributed by atoms with van der Waals surface area (Å²) in [6.45, 7) is 2.05. The van der Waals surface area contributed by atoms with Gasteiger partial charge in [0.15, 0.2) is 0 Å². The van der Waals surface area contributed by atoms with Crippen LogP contribution in [0.4, 0.5) is 0 Å². The van der Waals surface area contributed by atoms with E-state index in [2.05, 4.69) is 0 Å². The van der Waals surface area contributed by atoms with E-state index in [1.807, 2.05) is 6.92 Å². The van der Waals surface area contributed by atoms with Crippen molar-refractivity contribution in [2.75, 3.05) is 0 Å². The fraction of sp³-hybridized carbons (Fsp3) is 0.800. The minimum atomic E-state index is 0.210. The quantitative estimate of drug-likeness (QED) is 0.592. The minimum absolute atomic E-state index is 0.210. The van der Waals surface area contributed by atoms with E-state index < -0.39 is 0 Å². The Hall–Kier alpha value is -0.660. The third-order valence-electron chi connectivity index (χ3n) is 3.39. The number of carbonyl (C=O) groups excluding carboxylic acids is 2. The SMILES string of the molecule is CCC1C(=O)C[C@H]2CC(=O)C[C@@H]12. The first-order valence-corrected chi connectivity index (χ1v) is 4.76. The maximum Gasteiger partial charge on any atom is 0.136 e. The van der Waals surface area contributed by atoms with Crippen molar-refractivity contribution in [3.05, 3.63) is 0 Å². The molecule has 0 aliphatic heterocycles. The van der Waals surface area contributed by atoms with Crippen LogP contribution >= 0.6 is 0 Å². The van der Waals surface area contributed by atoms with E-state index in [9.17, 15) is 9.59 Å². The number of hydrogen-bond acceptors (Lipinski definition) is 2. The molecule has 2 rings (SSSR count). The maximum absolute atomic E-state index is 11.4. The van der Waals surface area contributed by atoms with E-state index in [1.165, 1.54) is 0 Å². The zero-order valence-electron chi connectivity index (χ0n) is 7.38.